The number of carbonyl (C=O) groups excluding carboxylic acids is 1. The molecule has 178 valence electrons. The molecule has 1 saturated heterocycles. The lowest BCUT2D eigenvalue weighted by Gasteiger charge is -2.17. The molecule has 2 heterocycles. The molecular weight excluding hydrogens is 480 g/mol. The summed E-state index contributed by atoms with van der Waals surface area (Å²) in [7, 11) is 1.59. The van der Waals surface area contributed by atoms with E-state index in [2.05, 4.69) is 10.2 Å². The lowest BCUT2D eigenvalue weighted by molar-refractivity contribution is -0.402. The zero-order valence-electron chi connectivity index (χ0n) is 18.9. The van der Waals surface area contributed by atoms with Crippen LogP contribution in [-0.4, -0.2) is 29.3 Å². The van der Waals surface area contributed by atoms with Gasteiger partial charge in [0.1, 0.15) is 16.4 Å². The fourth-order valence-electron chi connectivity index (χ4n) is 3.64. The predicted octanol–water partition coefficient (Wildman–Crippen LogP) is 5.86. The highest BCUT2D eigenvalue weighted by atomic mass is 32.2. The third-order valence-corrected chi connectivity index (χ3v) is 6.30. The van der Waals surface area contributed by atoms with Gasteiger partial charge in [0, 0.05) is 11.5 Å². The van der Waals surface area contributed by atoms with Gasteiger partial charge in [-0.1, -0.05) is 36.4 Å². The lowest BCUT2D eigenvalue weighted by atomic mass is 10.1. The smallest absolute Gasteiger partial charge is 0.433 e. The largest absolute Gasteiger partial charge is 0.497 e. The molecule has 0 radical (unpaired) electrons. The van der Waals surface area contributed by atoms with Crippen molar-refractivity contribution in [1.29, 1.82) is 0 Å². The molecule has 0 bridgehead atoms. The molecule has 0 spiro atoms. The van der Waals surface area contributed by atoms with Crippen molar-refractivity contribution in [2.24, 2.45) is 10.2 Å². The third kappa shape index (κ3) is 4.62. The highest BCUT2D eigenvalue weighted by Gasteiger charge is 2.36. The number of amides is 1. The second-order valence-corrected chi connectivity index (χ2v) is 8.59. The Balaban J connectivity index is 1.54. The topological polar surface area (TPSA) is 111 Å². The van der Waals surface area contributed by atoms with Crippen molar-refractivity contribution < 1.29 is 18.9 Å². The molecule has 4 aromatic rings. The Morgan fingerprint density at radius 2 is 1.81 bits per heavy atom. The molecule has 3 aromatic carbocycles. The van der Waals surface area contributed by atoms with Crippen LogP contribution < -0.4 is 9.64 Å². The van der Waals surface area contributed by atoms with Crippen molar-refractivity contribution in [2.75, 3.05) is 12.0 Å². The predicted molar refractivity (Wildman–Crippen MR) is 140 cm³/mol. The van der Waals surface area contributed by atoms with E-state index in [4.69, 9.17) is 9.15 Å². The van der Waals surface area contributed by atoms with E-state index in [9.17, 15) is 14.9 Å². The number of carbonyl (C=O) groups is 1. The Hall–Kier alpha value is -4.70. The maximum Gasteiger partial charge on any atom is 0.433 e. The number of nitro groups is 1. The van der Waals surface area contributed by atoms with Crippen LogP contribution in [0.4, 0.5) is 11.6 Å². The van der Waals surface area contributed by atoms with Crippen LogP contribution in [0.3, 0.4) is 0 Å². The van der Waals surface area contributed by atoms with Crippen molar-refractivity contribution in [3.8, 4) is 5.75 Å². The molecule has 1 aliphatic rings. The molecule has 1 aromatic heterocycles. The van der Waals surface area contributed by atoms with Crippen LogP contribution in [0.2, 0.25) is 0 Å². The molecule has 0 saturated carbocycles. The standard InChI is InChI=1S/C26H18N4O5S/c1-34-19-11-9-17(10-12-19)16-27-28-26-29(22-8-4-6-18-5-2-3-7-21(18)22)25(31)23(36-26)15-20-13-14-24(35-20)30(32)33/h2-16H,1H3/b23-15+,27-16+,28-26-. The number of amidine groups is 1. The van der Waals surface area contributed by atoms with Gasteiger partial charge in [-0.25, -0.2) is 0 Å². The first-order valence-corrected chi connectivity index (χ1v) is 11.6. The highest BCUT2D eigenvalue weighted by molar-refractivity contribution is 8.19. The molecule has 1 fully saturated rings. The van der Waals surface area contributed by atoms with E-state index in [0.717, 1.165) is 33.8 Å². The van der Waals surface area contributed by atoms with Crippen molar-refractivity contribution in [2.45, 2.75) is 0 Å². The van der Waals surface area contributed by atoms with E-state index in [0.29, 0.717) is 15.8 Å². The summed E-state index contributed by atoms with van der Waals surface area (Å²) >= 11 is 1.11. The SMILES string of the molecule is COc1ccc(/C=N/N=C2\S/C(=C/c3ccc([N+](=O)[O-])o3)C(=O)N2c2cccc3ccccc23)cc1. The first-order chi connectivity index (χ1) is 17.5. The van der Waals surface area contributed by atoms with Crippen molar-refractivity contribution in [3.63, 3.8) is 0 Å². The first-order valence-electron chi connectivity index (χ1n) is 10.7. The van der Waals surface area contributed by atoms with Gasteiger partial charge in [-0.3, -0.25) is 19.8 Å². The molecule has 1 amide bonds. The van der Waals surface area contributed by atoms with Gasteiger partial charge in [0.25, 0.3) is 5.91 Å². The Bertz CT molecular complexity index is 1550. The molecule has 0 aliphatic carbocycles. The zero-order valence-corrected chi connectivity index (χ0v) is 19.7. The van der Waals surface area contributed by atoms with E-state index in [-0.39, 0.29) is 11.7 Å². The number of thioether (sulfide) groups is 1. The van der Waals surface area contributed by atoms with Gasteiger partial charge in [-0.2, -0.15) is 5.10 Å². The minimum absolute atomic E-state index is 0.193. The van der Waals surface area contributed by atoms with Crippen LogP contribution in [0.25, 0.3) is 16.8 Å². The Kier molecular flexibility index (Phi) is 6.33. The summed E-state index contributed by atoms with van der Waals surface area (Å²) in [4.78, 5) is 25.6. The quantitative estimate of drug-likeness (QED) is 0.142. The first kappa shape index (κ1) is 23.1. The third-order valence-electron chi connectivity index (χ3n) is 5.35. The summed E-state index contributed by atoms with van der Waals surface area (Å²) < 4.78 is 10.4. The Morgan fingerprint density at radius 1 is 1.03 bits per heavy atom. The van der Waals surface area contributed by atoms with Gasteiger partial charge in [0.2, 0.25) is 5.17 Å². The molecular formula is C26H18N4O5S. The molecule has 0 unspecified atom stereocenters. The summed E-state index contributed by atoms with van der Waals surface area (Å²) in [5, 5.41) is 21.7. The summed E-state index contributed by atoms with van der Waals surface area (Å²) in [6.45, 7) is 0. The van der Waals surface area contributed by atoms with Crippen LogP contribution in [0.15, 0.2) is 98.4 Å². The van der Waals surface area contributed by atoms with E-state index in [1.54, 1.807) is 13.3 Å². The normalized spacial score (nSPS) is 16.0. The van der Waals surface area contributed by atoms with Gasteiger partial charge < -0.3 is 9.15 Å². The van der Waals surface area contributed by atoms with Crippen molar-refractivity contribution in [3.05, 3.63) is 105 Å². The number of fused-ring (bicyclic) bond motifs is 1. The van der Waals surface area contributed by atoms with E-state index in [1.165, 1.54) is 23.1 Å². The van der Waals surface area contributed by atoms with Crippen LogP contribution in [0, 0.1) is 10.1 Å². The summed E-state index contributed by atoms with van der Waals surface area (Å²) in [6, 6.07) is 23.4. The van der Waals surface area contributed by atoms with Crippen LogP contribution >= 0.6 is 11.8 Å². The van der Waals surface area contributed by atoms with Gasteiger partial charge in [0.05, 0.1) is 30.0 Å². The van der Waals surface area contributed by atoms with Gasteiger partial charge in [0.15, 0.2) is 0 Å². The molecule has 0 atom stereocenters. The number of hydrogen-bond donors (Lipinski definition) is 0. The molecule has 1 aliphatic heterocycles. The van der Waals surface area contributed by atoms with Gasteiger partial charge in [-0.15, -0.1) is 5.10 Å². The second kappa shape index (κ2) is 9.88. The maximum absolute atomic E-state index is 13.5. The van der Waals surface area contributed by atoms with E-state index in [1.807, 2.05) is 66.7 Å². The monoisotopic (exact) mass is 498 g/mol. The number of benzene rings is 3. The molecule has 10 heteroatoms. The Morgan fingerprint density at radius 3 is 2.56 bits per heavy atom. The minimum Gasteiger partial charge on any atom is -0.497 e. The fraction of sp³-hybridized carbons (Fsp3) is 0.0385. The number of rotatable bonds is 6. The highest BCUT2D eigenvalue weighted by Crippen LogP contribution is 2.39. The average molecular weight is 499 g/mol. The summed E-state index contributed by atoms with van der Waals surface area (Å²) in [6.07, 6.45) is 3.05. The number of nitrogens with zero attached hydrogens (tertiary/aromatic N) is 4. The number of furan rings is 1. The molecule has 5 rings (SSSR count). The Labute approximate surface area is 209 Å². The summed E-state index contributed by atoms with van der Waals surface area (Å²) in [5.41, 5.74) is 1.46. The second-order valence-electron chi connectivity index (χ2n) is 7.58. The molecule has 0 N–H and O–H groups in total. The fourth-order valence-corrected chi connectivity index (χ4v) is 4.55. The van der Waals surface area contributed by atoms with Crippen LogP contribution in [0.1, 0.15) is 11.3 Å². The number of hydrogen-bond acceptors (Lipinski definition) is 8. The van der Waals surface area contributed by atoms with E-state index < -0.39 is 10.8 Å². The molecule has 9 nitrogen and oxygen atoms in total. The number of anilines is 1. The molecule has 36 heavy (non-hydrogen) atoms. The van der Waals surface area contributed by atoms with Crippen LogP contribution in [0.5, 0.6) is 5.75 Å². The van der Waals surface area contributed by atoms with E-state index >= 15 is 0 Å². The van der Waals surface area contributed by atoms with Crippen molar-refractivity contribution >= 4 is 57.5 Å². The van der Waals surface area contributed by atoms with Gasteiger partial charge in [-0.05, 0) is 59.1 Å². The number of methoxy groups -OCH3 is 1. The zero-order chi connectivity index (χ0) is 25.1. The van der Waals surface area contributed by atoms with Gasteiger partial charge >= 0.3 is 5.88 Å². The lowest BCUT2D eigenvalue weighted by Crippen LogP contribution is -2.28. The maximum atomic E-state index is 13.5. The van der Waals surface area contributed by atoms with Crippen LogP contribution in [-0.2, 0) is 4.79 Å². The minimum atomic E-state index is -0.630. The number of ether oxygens (including phenoxy) is 1. The van der Waals surface area contributed by atoms with Crippen molar-refractivity contribution in [1.82, 2.24) is 0 Å². The average Bonchev–Trinajstić information content (AvgIpc) is 3.49. The summed E-state index contributed by atoms with van der Waals surface area (Å²) in [5.74, 6) is 0.180.